The van der Waals surface area contributed by atoms with Crippen LogP contribution in [-0.4, -0.2) is 53.4 Å². The van der Waals surface area contributed by atoms with Crippen molar-refractivity contribution in [1.29, 1.82) is 0 Å². The van der Waals surface area contributed by atoms with Gasteiger partial charge in [-0.15, -0.1) is 0 Å². The molecule has 0 aromatic rings. The summed E-state index contributed by atoms with van der Waals surface area (Å²) in [6, 6.07) is 0. The van der Waals surface area contributed by atoms with E-state index in [2.05, 4.69) is 25.3 Å². The van der Waals surface area contributed by atoms with Gasteiger partial charge in [-0.1, -0.05) is 0 Å². The third kappa shape index (κ3) is 7.14. The fourth-order valence-corrected chi connectivity index (χ4v) is 1.52. The van der Waals surface area contributed by atoms with Crippen LogP contribution in [0, 0.1) is 0 Å². The minimum Gasteiger partial charge on any atom is -0.332 e. The number of likely N-dealkylation sites (N-methyl/N-ethyl adjacent to an activating group) is 1. The van der Waals surface area contributed by atoms with Gasteiger partial charge < -0.3 is 9.69 Å². The second-order valence-corrected chi connectivity index (χ2v) is 4.29. The molecule has 0 aliphatic carbocycles. The van der Waals surface area contributed by atoms with Gasteiger partial charge in [0, 0.05) is 31.8 Å². The molecule has 0 radical (unpaired) electrons. The molecule has 0 spiro atoms. The fourth-order valence-electron chi connectivity index (χ4n) is 1.08. The van der Waals surface area contributed by atoms with E-state index in [-0.39, 0.29) is 18.1 Å². The van der Waals surface area contributed by atoms with Crippen molar-refractivity contribution in [2.45, 2.75) is 19.8 Å². The van der Waals surface area contributed by atoms with E-state index in [1.54, 1.807) is 4.90 Å². The van der Waals surface area contributed by atoms with Crippen molar-refractivity contribution < 1.29 is 9.59 Å². The minimum atomic E-state index is -0.0160. The first-order valence-corrected chi connectivity index (χ1v) is 6.45. The zero-order valence-corrected chi connectivity index (χ0v) is 11.6. The number of ketones is 1. The lowest BCUT2D eigenvalue weighted by Crippen LogP contribution is -2.36. The van der Waals surface area contributed by atoms with Gasteiger partial charge in [0.25, 0.3) is 0 Å². The van der Waals surface area contributed by atoms with Crippen LogP contribution in [0.25, 0.3) is 0 Å². The zero-order valence-electron chi connectivity index (χ0n) is 9.85. The summed E-state index contributed by atoms with van der Waals surface area (Å²) in [5, 5.41) is 0. The van der Waals surface area contributed by atoms with Gasteiger partial charge in [0.15, 0.2) is 0 Å². The second kappa shape index (κ2) is 8.90. The van der Waals surface area contributed by atoms with Crippen molar-refractivity contribution in [3.8, 4) is 0 Å². The predicted octanol–water partition coefficient (Wildman–Crippen LogP) is 0.891. The molecule has 0 fully saturated rings. The summed E-state index contributed by atoms with van der Waals surface area (Å²) in [5.74, 6) is 1.07. The lowest BCUT2D eigenvalue weighted by molar-refractivity contribution is -0.132. The normalized spacial score (nSPS) is 10.6. The van der Waals surface area contributed by atoms with Gasteiger partial charge >= 0.3 is 0 Å². The predicted molar refractivity (Wildman–Crippen MR) is 72.0 cm³/mol. The summed E-state index contributed by atoms with van der Waals surface area (Å²) in [5.41, 5.74) is 0. The molecule has 1 amide bonds. The van der Waals surface area contributed by atoms with Crippen molar-refractivity contribution in [1.82, 2.24) is 9.80 Å². The molecule has 0 saturated carbocycles. The maximum Gasteiger partial charge on any atom is 0.223 e. The van der Waals surface area contributed by atoms with Gasteiger partial charge in [-0.25, -0.2) is 0 Å². The average molecular weight is 264 g/mol. The van der Waals surface area contributed by atoms with Crippen molar-refractivity contribution in [2.75, 3.05) is 31.9 Å². The van der Waals surface area contributed by atoms with Gasteiger partial charge in [0.2, 0.25) is 5.91 Å². The topological polar surface area (TPSA) is 40.6 Å². The Morgan fingerprint density at radius 1 is 1.06 bits per heavy atom. The van der Waals surface area contributed by atoms with Crippen LogP contribution in [0.3, 0.4) is 0 Å². The quantitative estimate of drug-likeness (QED) is 0.505. The molecule has 0 atom stereocenters. The van der Waals surface area contributed by atoms with Gasteiger partial charge in [-0.2, -0.15) is 25.3 Å². The summed E-state index contributed by atoms with van der Waals surface area (Å²) in [6.07, 6.45) is 0.589. The monoisotopic (exact) mass is 264 g/mol. The van der Waals surface area contributed by atoms with Gasteiger partial charge in [-0.3, -0.25) is 9.69 Å². The number of rotatable bonds is 8. The van der Waals surface area contributed by atoms with Crippen LogP contribution in [0.2, 0.25) is 0 Å². The Labute approximate surface area is 108 Å². The molecular weight excluding hydrogens is 244 g/mol. The Balaban J connectivity index is 3.96. The van der Waals surface area contributed by atoms with Crippen LogP contribution in [-0.2, 0) is 9.59 Å². The molecule has 4 nitrogen and oxygen atoms in total. The maximum atomic E-state index is 11.7. The van der Waals surface area contributed by atoms with Gasteiger partial charge in [0.1, 0.15) is 5.78 Å². The number of carbonyl (C=O) groups excluding carboxylic acids is 2. The van der Waals surface area contributed by atoms with Crippen LogP contribution in [0.1, 0.15) is 19.8 Å². The second-order valence-electron chi connectivity index (χ2n) is 3.72. The number of thiol groups is 2. The Bertz CT molecular complexity index is 237. The van der Waals surface area contributed by atoms with E-state index < -0.39 is 0 Å². The van der Waals surface area contributed by atoms with Crippen molar-refractivity contribution in [2.24, 2.45) is 0 Å². The molecule has 0 N–H and O–H groups in total. The summed E-state index contributed by atoms with van der Waals surface area (Å²) in [7, 11) is 1.93. The molecule has 0 aliphatic rings. The molecule has 0 unspecified atom stereocenters. The summed E-state index contributed by atoms with van der Waals surface area (Å²) in [6.45, 7) is 2.88. The fraction of sp³-hybridized carbons (Fsp3) is 0.800. The highest BCUT2D eigenvalue weighted by atomic mass is 32.1. The Hall–Kier alpha value is -0.200. The summed E-state index contributed by atoms with van der Waals surface area (Å²) >= 11 is 8.24. The minimum absolute atomic E-state index is 0.0160. The average Bonchev–Trinajstić information content (AvgIpc) is 2.26. The third-order valence-corrected chi connectivity index (χ3v) is 3.03. The van der Waals surface area contributed by atoms with E-state index >= 15 is 0 Å². The lowest BCUT2D eigenvalue weighted by atomic mass is 10.2. The molecule has 0 heterocycles. The standard InChI is InChI=1S/C10H20N2O2S2/c1-9(13)3-4-10(14)12(8-16)6-5-11(2)7-15/h15-16H,3-8H2,1-2H3. The molecule has 6 heteroatoms. The SMILES string of the molecule is CC(=O)CCC(=O)N(CS)CCN(C)CS. The molecule has 0 aromatic heterocycles. The van der Waals surface area contributed by atoms with Crippen molar-refractivity contribution in [3.63, 3.8) is 0 Å². The zero-order chi connectivity index (χ0) is 12.6. The van der Waals surface area contributed by atoms with Crippen LogP contribution < -0.4 is 0 Å². The first-order chi connectivity index (χ1) is 7.51. The third-order valence-electron chi connectivity index (χ3n) is 2.21. The first-order valence-electron chi connectivity index (χ1n) is 5.18. The smallest absolute Gasteiger partial charge is 0.223 e. The summed E-state index contributed by atoms with van der Waals surface area (Å²) < 4.78 is 0. The number of nitrogens with zero attached hydrogens (tertiary/aromatic N) is 2. The molecule has 0 aliphatic heterocycles. The van der Waals surface area contributed by atoms with Crippen molar-refractivity contribution >= 4 is 36.9 Å². The molecule has 94 valence electrons. The van der Waals surface area contributed by atoms with E-state index in [4.69, 9.17) is 0 Å². The van der Waals surface area contributed by atoms with E-state index in [9.17, 15) is 9.59 Å². The van der Waals surface area contributed by atoms with Gasteiger partial charge in [0.05, 0.1) is 5.88 Å². The van der Waals surface area contributed by atoms with Crippen LogP contribution in [0.5, 0.6) is 0 Å². The van der Waals surface area contributed by atoms with E-state index in [0.717, 1.165) is 6.54 Å². The highest BCUT2D eigenvalue weighted by Crippen LogP contribution is 2.01. The highest BCUT2D eigenvalue weighted by Gasteiger charge is 2.12. The van der Waals surface area contributed by atoms with Crippen LogP contribution in [0.15, 0.2) is 0 Å². The molecule has 0 aromatic carbocycles. The number of hydrogen-bond donors (Lipinski definition) is 2. The Morgan fingerprint density at radius 3 is 2.12 bits per heavy atom. The number of carbonyl (C=O) groups is 2. The van der Waals surface area contributed by atoms with E-state index in [1.165, 1.54) is 6.92 Å². The van der Waals surface area contributed by atoms with Gasteiger partial charge in [-0.05, 0) is 14.0 Å². The largest absolute Gasteiger partial charge is 0.332 e. The molecule has 0 rings (SSSR count). The van der Waals surface area contributed by atoms with E-state index in [1.807, 2.05) is 11.9 Å². The highest BCUT2D eigenvalue weighted by molar-refractivity contribution is 7.80. The number of Topliss-reactive ketones (excluding diaryl/α,β-unsaturated/α-hetero) is 1. The first kappa shape index (κ1) is 15.8. The van der Waals surface area contributed by atoms with Crippen LogP contribution >= 0.6 is 25.3 Å². The Morgan fingerprint density at radius 2 is 1.69 bits per heavy atom. The molecule has 0 saturated heterocycles. The Kier molecular flexibility index (Phi) is 8.78. The number of amides is 1. The van der Waals surface area contributed by atoms with Crippen molar-refractivity contribution in [3.05, 3.63) is 0 Å². The van der Waals surface area contributed by atoms with E-state index in [0.29, 0.717) is 24.7 Å². The van der Waals surface area contributed by atoms with Crippen LogP contribution in [0.4, 0.5) is 0 Å². The lowest BCUT2D eigenvalue weighted by Gasteiger charge is -2.23. The maximum absolute atomic E-state index is 11.7. The molecular formula is C10H20N2O2S2. The summed E-state index contributed by atoms with van der Waals surface area (Å²) in [4.78, 5) is 26.1. The molecule has 16 heavy (non-hydrogen) atoms. The number of hydrogen-bond acceptors (Lipinski definition) is 5. The molecule has 0 bridgehead atoms.